The van der Waals surface area contributed by atoms with Crippen molar-refractivity contribution in [1.82, 2.24) is 4.98 Å². The van der Waals surface area contributed by atoms with Crippen molar-refractivity contribution in [2.75, 3.05) is 11.9 Å². The summed E-state index contributed by atoms with van der Waals surface area (Å²) in [6, 6.07) is 7.56. The fourth-order valence-electron chi connectivity index (χ4n) is 1.83. The molecule has 1 aromatic heterocycles. The Morgan fingerprint density at radius 1 is 1.38 bits per heavy atom. The molecular weight excluding hydrogens is 288 g/mol. The highest BCUT2D eigenvalue weighted by Crippen LogP contribution is 2.31. The Kier molecular flexibility index (Phi) is 5.16. The van der Waals surface area contributed by atoms with Crippen molar-refractivity contribution in [2.45, 2.75) is 26.7 Å². The summed E-state index contributed by atoms with van der Waals surface area (Å²) in [6.45, 7) is 4.57. The van der Waals surface area contributed by atoms with Gasteiger partial charge in [-0.3, -0.25) is 0 Å². The molecule has 2 aromatic rings. The Labute approximate surface area is 127 Å². The molecule has 5 nitrogen and oxygen atoms in total. The first-order valence-corrected chi connectivity index (χ1v) is 7.69. The first-order chi connectivity index (χ1) is 10.2. The highest BCUT2D eigenvalue weighted by molar-refractivity contribution is 7.17. The van der Waals surface area contributed by atoms with Crippen LogP contribution in [0.15, 0.2) is 24.3 Å². The molecule has 0 fully saturated rings. The Morgan fingerprint density at radius 2 is 2.14 bits per heavy atom. The fourth-order valence-corrected chi connectivity index (χ4v) is 2.74. The normalized spacial score (nSPS) is 10.4. The predicted octanol–water partition coefficient (Wildman–Crippen LogP) is 3.94. The van der Waals surface area contributed by atoms with E-state index in [4.69, 9.17) is 9.84 Å². The molecular formula is C15H18N2O3S. The van der Waals surface area contributed by atoms with Gasteiger partial charge in [0.05, 0.1) is 18.0 Å². The minimum Gasteiger partial charge on any atom is -0.491 e. The molecule has 0 unspecified atom stereocenters. The lowest BCUT2D eigenvalue weighted by atomic mass is 10.3. The number of para-hydroxylation sites is 2. The molecule has 0 aliphatic rings. The van der Waals surface area contributed by atoms with Gasteiger partial charge in [-0.1, -0.05) is 37.3 Å². The van der Waals surface area contributed by atoms with Crippen molar-refractivity contribution in [3.8, 4) is 5.75 Å². The zero-order valence-electron chi connectivity index (χ0n) is 12.0. The van der Waals surface area contributed by atoms with Crippen LogP contribution in [0.5, 0.6) is 5.75 Å². The van der Waals surface area contributed by atoms with Gasteiger partial charge in [-0.25, -0.2) is 9.78 Å². The number of carboxylic acid groups (broad SMARTS) is 1. The van der Waals surface area contributed by atoms with E-state index in [-0.39, 0.29) is 4.88 Å². The molecule has 2 rings (SSSR count). The molecule has 0 saturated carbocycles. The van der Waals surface area contributed by atoms with E-state index in [2.05, 4.69) is 10.3 Å². The number of nitrogens with zero attached hydrogens (tertiary/aromatic N) is 1. The van der Waals surface area contributed by atoms with E-state index in [1.165, 1.54) is 0 Å². The molecule has 1 aromatic carbocycles. The smallest absolute Gasteiger partial charge is 0.347 e. The molecule has 1 heterocycles. The van der Waals surface area contributed by atoms with Crippen LogP contribution in [0.4, 0.5) is 10.8 Å². The molecule has 0 amide bonds. The molecule has 21 heavy (non-hydrogen) atoms. The summed E-state index contributed by atoms with van der Waals surface area (Å²) in [7, 11) is 0. The lowest BCUT2D eigenvalue weighted by Gasteiger charge is -2.10. The first-order valence-electron chi connectivity index (χ1n) is 6.87. The number of thiazole rings is 1. The number of nitrogens with one attached hydrogen (secondary N) is 1. The van der Waals surface area contributed by atoms with Crippen molar-refractivity contribution < 1.29 is 14.6 Å². The third-order valence-electron chi connectivity index (χ3n) is 2.82. The number of aromatic nitrogens is 1. The third-order valence-corrected chi connectivity index (χ3v) is 3.82. The monoisotopic (exact) mass is 306 g/mol. The molecule has 0 aliphatic carbocycles. The van der Waals surface area contributed by atoms with Crippen molar-refractivity contribution >= 4 is 28.1 Å². The van der Waals surface area contributed by atoms with E-state index < -0.39 is 5.97 Å². The number of carboxylic acids is 1. The number of aryl methyl sites for hydroxylation is 1. The molecule has 0 spiro atoms. The average molecular weight is 306 g/mol. The van der Waals surface area contributed by atoms with Crippen LogP contribution in [0.25, 0.3) is 0 Å². The number of hydrogen-bond acceptors (Lipinski definition) is 5. The highest BCUT2D eigenvalue weighted by atomic mass is 32.1. The zero-order chi connectivity index (χ0) is 15.2. The van der Waals surface area contributed by atoms with Crippen LogP contribution in [0, 0.1) is 0 Å². The highest BCUT2D eigenvalue weighted by Gasteiger charge is 2.16. The first kappa shape index (κ1) is 15.3. The van der Waals surface area contributed by atoms with Gasteiger partial charge in [-0.05, 0) is 25.0 Å². The molecule has 0 atom stereocenters. The Bertz CT molecular complexity index is 625. The predicted molar refractivity (Wildman–Crippen MR) is 84.0 cm³/mol. The largest absolute Gasteiger partial charge is 0.491 e. The van der Waals surface area contributed by atoms with E-state index in [0.717, 1.165) is 29.2 Å². The Morgan fingerprint density at radius 3 is 2.76 bits per heavy atom. The lowest BCUT2D eigenvalue weighted by molar-refractivity contribution is 0.0701. The number of carbonyl (C=O) groups is 1. The number of aromatic carboxylic acids is 1. The zero-order valence-corrected chi connectivity index (χ0v) is 12.9. The van der Waals surface area contributed by atoms with Gasteiger partial charge in [-0.15, -0.1) is 0 Å². The Hall–Kier alpha value is -2.08. The quantitative estimate of drug-likeness (QED) is 0.810. The number of anilines is 2. The van der Waals surface area contributed by atoms with Gasteiger partial charge < -0.3 is 15.2 Å². The summed E-state index contributed by atoms with van der Waals surface area (Å²) < 4.78 is 5.67. The number of benzene rings is 1. The molecule has 0 radical (unpaired) electrons. The van der Waals surface area contributed by atoms with E-state index >= 15 is 0 Å². The van der Waals surface area contributed by atoms with Gasteiger partial charge in [0.15, 0.2) is 5.13 Å². The van der Waals surface area contributed by atoms with Crippen LogP contribution in [-0.2, 0) is 6.42 Å². The third kappa shape index (κ3) is 3.72. The van der Waals surface area contributed by atoms with Gasteiger partial charge in [0.25, 0.3) is 0 Å². The fraction of sp³-hybridized carbons (Fsp3) is 0.333. The number of ether oxygens (including phenoxy) is 1. The van der Waals surface area contributed by atoms with Gasteiger partial charge in [0.2, 0.25) is 0 Å². The number of rotatable bonds is 7. The Balaban J connectivity index is 2.24. The van der Waals surface area contributed by atoms with Gasteiger partial charge in [-0.2, -0.15) is 0 Å². The maximum absolute atomic E-state index is 11.2. The van der Waals surface area contributed by atoms with Crippen molar-refractivity contribution in [2.24, 2.45) is 0 Å². The standard InChI is InChI=1S/C15H18N2O3S/c1-3-9-20-12-8-6-5-7-11(12)17-15-16-10(4-2)13(21-15)14(18)19/h5-8H,3-4,9H2,1-2H3,(H,16,17)(H,18,19). The summed E-state index contributed by atoms with van der Waals surface area (Å²) >= 11 is 1.14. The van der Waals surface area contributed by atoms with Crippen LogP contribution in [0.2, 0.25) is 0 Å². The lowest BCUT2D eigenvalue weighted by Crippen LogP contribution is -1.99. The summed E-state index contributed by atoms with van der Waals surface area (Å²) in [6.07, 6.45) is 1.52. The van der Waals surface area contributed by atoms with Crippen molar-refractivity contribution in [3.63, 3.8) is 0 Å². The second-order valence-electron chi connectivity index (χ2n) is 4.42. The minimum absolute atomic E-state index is 0.284. The molecule has 2 N–H and O–H groups in total. The van der Waals surface area contributed by atoms with Crippen molar-refractivity contribution in [1.29, 1.82) is 0 Å². The maximum atomic E-state index is 11.2. The van der Waals surface area contributed by atoms with Crippen LogP contribution in [0.1, 0.15) is 35.6 Å². The molecule has 6 heteroatoms. The van der Waals surface area contributed by atoms with E-state index in [1.807, 2.05) is 38.1 Å². The van der Waals surface area contributed by atoms with Gasteiger partial charge in [0.1, 0.15) is 10.6 Å². The van der Waals surface area contributed by atoms with Gasteiger partial charge >= 0.3 is 5.97 Å². The van der Waals surface area contributed by atoms with Crippen molar-refractivity contribution in [3.05, 3.63) is 34.8 Å². The molecule has 0 saturated heterocycles. The van der Waals surface area contributed by atoms with Crippen LogP contribution >= 0.6 is 11.3 Å². The van der Waals surface area contributed by atoms with Crippen LogP contribution in [-0.4, -0.2) is 22.7 Å². The second kappa shape index (κ2) is 7.08. The summed E-state index contributed by atoms with van der Waals surface area (Å²) in [4.78, 5) is 15.8. The molecule has 0 bridgehead atoms. The minimum atomic E-state index is -0.937. The SMILES string of the molecule is CCCOc1ccccc1Nc1nc(CC)c(C(=O)O)s1. The molecule has 0 aliphatic heterocycles. The van der Waals surface area contributed by atoms with E-state index in [9.17, 15) is 4.79 Å². The molecule has 112 valence electrons. The topological polar surface area (TPSA) is 71.5 Å². The summed E-state index contributed by atoms with van der Waals surface area (Å²) in [5.41, 5.74) is 1.39. The van der Waals surface area contributed by atoms with Crippen LogP contribution < -0.4 is 10.1 Å². The van der Waals surface area contributed by atoms with Gasteiger partial charge in [0, 0.05) is 0 Å². The second-order valence-corrected chi connectivity index (χ2v) is 5.42. The average Bonchev–Trinajstić information content (AvgIpc) is 2.89. The van der Waals surface area contributed by atoms with E-state index in [1.54, 1.807) is 0 Å². The number of hydrogen-bond donors (Lipinski definition) is 2. The van der Waals surface area contributed by atoms with Crippen LogP contribution in [0.3, 0.4) is 0 Å². The summed E-state index contributed by atoms with van der Waals surface area (Å²) in [5, 5.41) is 12.9. The summed E-state index contributed by atoms with van der Waals surface area (Å²) in [5.74, 6) is -0.197. The van der Waals surface area contributed by atoms with E-state index in [0.29, 0.717) is 23.9 Å². The maximum Gasteiger partial charge on any atom is 0.347 e.